The summed E-state index contributed by atoms with van der Waals surface area (Å²) in [5.74, 6) is 1.53. The van der Waals surface area contributed by atoms with E-state index in [-0.39, 0.29) is 0 Å². The third-order valence-corrected chi connectivity index (χ3v) is 5.44. The summed E-state index contributed by atoms with van der Waals surface area (Å²) in [5.41, 5.74) is 7.20. The Balaban J connectivity index is 1.75. The van der Waals surface area contributed by atoms with Crippen LogP contribution in [0.5, 0.6) is 5.75 Å². The minimum Gasteiger partial charge on any atom is -0.497 e. The van der Waals surface area contributed by atoms with E-state index in [1.807, 2.05) is 36.4 Å². The first kappa shape index (κ1) is 17.4. The normalized spacial score (nSPS) is 11.4. The molecular formula is C23H21N5O. The molecule has 3 heterocycles. The van der Waals surface area contributed by atoms with Crippen molar-refractivity contribution in [2.75, 3.05) is 7.11 Å². The van der Waals surface area contributed by atoms with E-state index in [1.54, 1.807) is 18.0 Å². The van der Waals surface area contributed by atoms with Gasteiger partial charge in [-0.15, -0.1) is 5.10 Å². The molecule has 0 radical (unpaired) electrons. The summed E-state index contributed by atoms with van der Waals surface area (Å²) < 4.78 is 9.22. The van der Waals surface area contributed by atoms with Gasteiger partial charge in [-0.05, 0) is 56.7 Å². The van der Waals surface area contributed by atoms with Gasteiger partial charge in [0.1, 0.15) is 12.1 Å². The first-order valence-electron chi connectivity index (χ1n) is 9.51. The monoisotopic (exact) mass is 383 g/mol. The average Bonchev–Trinajstić information content (AvgIpc) is 3.28. The number of nitrogens with zero attached hydrogens (tertiary/aromatic N) is 5. The van der Waals surface area contributed by atoms with Crippen molar-refractivity contribution in [1.29, 1.82) is 0 Å². The van der Waals surface area contributed by atoms with Crippen molar-refractivity contribution in [3.8, 4) is 22.8 Å². The maximum absolute atomic E-state index is 5.29. The molecule has 5 aromatic rings. The SMILES string of the molecule is COc1ccc(-n2c(C)c(C)c3c2ncn2nc(-c4cccc(C)c4)nc32)cc1. The Hall–Kier alpha value is -3.67. The van der Waals surface area contributed by atoms with Gasteiger partial charge in [0, 0.05) is 16.9 Å². The second-order valence-electron chi connectivity index (χ2n) is 7.26. The van der Waals surface area contributed by atoms with Crippen molar-refractivity contribution in [1.82, 2.24) is 24.1 Å². The second kappa shape index (κ2) is 6.44. The van der Waals surface area contributed by atoms with Crippen molar-refractivity contribution in [2.24, 2.45) is 0 Å². The largest absolute Gasteiger partial charge is 0.497 e. The number of benzene rings is 2. The van der Waals surface area contributed by atoms with Crippen molar-refractivity contribution < 1.29 is 4.74 Å². The molecule has 6 nitrogen and oxygen atoms in total. The summed E-state index contributed by atoms with van der Waals surface area (Å²) >= 11 is 0. The molecule has 0 aliphatic carbocycles. The lowest BCUT2D eigenvalue weighted by Gasteiger charge is -2.08. The number of hydrogen-bond acceptors (Lipinski definition) is 4. The van der Waals surface area contributed by atoms with E-state index < -0.39 is 0 Å². The molecule has 0 bridgehead atoms. The van der Waals surface area contributed by atoms with Gasteiger partial charge in [0.2, 0.25) is 0 Å². The standard InChI is InChI=1S/C23H21N5O/c1-14-6-5-7-17(12-14)21-25-23-20-15(2)16(3)28(22(20)24-13-27(23)26-21)18-8-10-19(29-4)11-9-18/h5-13H,1-4H3. The molecule has 0 N–H and O–H groups in total. The molecule has 0 atom stereocenters. The van der Waals surface area contributed by atoms with Crippen LogP contribution in [0.3, 0.4) is 0 Å². The van der Waals surface area contributed by atoms with Gasteiger partial charge in [-0.1, -0.05) is 23.8 Å². The number of aromatic nitrogens is 5. The summed E-state index contributed by atoms with van der Waals surface area (Å²) in [5, 5.41) is 5.69. The van der Waals surface area contributed by atoms with Crippen LogP contribution in [0.2, 0.25) is 0 Å². The quantitative estimate of drug-likeness (QED) is 0.454. The van der Waals surface area contributed by atoms with Crippen LogP contribution in [-0.4, -0.2) is 31.3 Å². The third-order valence-electron chi connectivity index (χ3n) is 5.44. The van der Waals surface area contributed by atoms with Crippen LogP contribution in [-0.2, 0) is 0 Å². The first-order valence-corrected chi connectivity index (χ1v) is 9.51. The number of methoxy groups -OCH3 is 1. The second-order valence-corrected chi connectivity index (χ2v) is 7.26. The van der Waals surface area contributed by atoms with E-state index in [0.717, 1.165) is 44.9 Å². The summed E-state index contributed by atoms with van der Waals surface area (Å²) in [7, 11) is 1.67. The molecule has 3 aromatic heterocycles. The van der Waals surface area contributed by atoms with E-state index in [2.05, 4.69) is 42.6 Å². The summed E-state index contributed by atoms with van der Waals surface area (Å²) in [6, 6.07) is 16.2. The van der Waals surface area contributed by atoms with Crippen molar-refractivity contribution in [3.05, 3.63) is 71.7 Å². The highest BCUT2D eigenvalue weighted by molar-refractivity contribution is 5.95. The highest BCUT2D eigenvalue weighted by Gasteiger charge is 2.19. The molecule has 0 saturated heterocycles. The molecule has 0 unspecified atom stereocenters. The Morgan fingerprint density at radius 3 is 2.45 bits per heavy atom. The molecule has 0 amide bonds. The van der Waals surface area contributed by atoms with E-state index in [9.17, 15) is 0 Å². The Labute approximate surface area is 168 Å². The molecule has 144 valence electrons. The molecule has 0 spiro atoms. The summed E-state index contributed by atoms with van der Waals surface area (Å²) in [6.07, 6.45) is 1.74. The van der Waals surface area contributed by atoms with Crippen molar-refractivity contribution >= 4 is 16.7 Å². The maximum Gasteiger partial charge on any atom is 0.182 e. The fourth-order valence-electron chi connectivity index (χ4n) is 3.81. The van der Waals surface area contributed by atoms with Crippen LogP contribution in [0.15, 0.2) is 54.9 Å². The highest BCUT2D eigenvalue weighted by atomic mass is 16.5. The zero-order valence-electron chi connectivity index (χ0n) is 16.8. The van der Waals surface area contributed by atoms with Gasteiger partial charge in [0.15, 0.2) is 17.1 Å². The molecule has 5 rings (SSSR count). The molecular weight excluding hydrogens is 362 g/mol. The topological polar surface area (TPSA) is 57.2 Å². The lowest BCUT2D eigenvalue weighted by atomic mass is 10.1. The lowest BCUT2D eigenvalue weighted by molar-refractivity contribution is 0.415. The van der Waals surface area contributed by atoms with Crippen molar-refractivity contribution in [2.45, 2.75) is 20.8 Å². The minimum absolute atomic E-state index is 0.706. The van der Waals surface area contributed by atoms with Crippen LogP contribution in [0, 0.1) is 20.8 Å². The Morgan fingerprint density at radius 1 is 0.931 bits per heavy atom. The van der Waals surface area contributed by atoms with Gasteiger partial charge < -0.3 is 4.74 Å². The zero-order valence-corrected chi connectivity index (χ0v) is 16.8. The third kappa shape index (κ3) is 2.68. The predicted molar refractivity (Wildman–Crippen MR) is 114 cm³/mol. The molecule has 0 saturated carbocycles. The van der Waals surface area contributed by atoms with Crippen LogP contribution in [0.1, 0.15) is 16.8 Å². The Kier molecular flexibility index (Phi) is 3.87. The number of hydrogen-bond donors (Lipinski definition) is 0. The van der Waals surface area contributed by atoms with Gasteiger partial charge in [-0.2, -0.15) is 0 Å². The zero-order chi connectivity index (χ0) is 20.1. The number of rotatable bonds is 3. The first-order chi connectivity index (χ1) is 14.1. The Bertz CT molecular complexity index is 1360. The molecule has 0 aliphatic heterocycles. The molecule has 6 heteroatoms. The van der Waals surface area contributed by atoms with Crippen LogP contribution in [0.4, 0.5) is 0 Å². The molecule has 0 aliphatic rings. The number of ether oxygens (including phenoxy) is 1. The highest BCUT2D eigenvalue weighted by Crippen LogP contribution is 2.31. The van der Waals surface area contributed by atoms with Gasteiger partial charge in [-0.25, -0.2) is 14.5 Å². The van der Waals surface area contributed by atoms with Crippen molar-refractivity contribution in [3.63, 3.8) is 0 Å². The smallest absolute Gasteiger partial charge is 0.182 e. The predicted octanol–water partition coefficient (Wildman–Crippen LogP) is 4.67. The number of fused-ring (bicyclic) bond motifs is 3. The van der Waals surface area contributed by atoms with Crippen LogP contribution >= 0.6 is 0 Å². The van der Waals surface area contributed by atoms with Crippen LogP contribution < -0.4 is 4.74 Å². The summed E-state index contributed by atoms with van der Waals surface area (Å²) in [4.78, 5) is 9.59. The molecule has 29 heavy (non-hydrogen) atoms. The average molecular weight is 383 g/mol. The fraction of sp³-hybridized carbons (Fsp3) is 0.174. The van der Waals surface area contributed by atoms with Gasteiger partial charge >= 0.3 is 0 Å². The van der Waals surface area contributed by atoms with E-state index in [1.165, 1.54) is 5.56 Å². The summed E-state index contributed by atoms with van der Waals surface area (Å²) in [6.45, 7) is 6.29. The molecule has 2 aromatic carbocycles. The minimum atomic E-state index is 0.706. The lowest BCUT2D eigenvalue weighted by Crippen LogP contribution is -1.99. The van der Waals surface area contributed by atoms with Gasteiger partial charge in [-0.3, -0.25) is 4.57 Å². The van der Waals surface area contributed by atoms with Gasteiger partial charge in [0.25, 0.3) is 0 Å². The fourth-order valence-corrected chi connectivity index (χ4v) is 3.81. The van der Waals surface area contributed by atoms with E-state index in [0.29, 0.717) is 5.82 Å². The number of aryl methyl sites for hydroxylation is 2. The van der Waals surface area contributed by atoms with Crippen LogP contribution in [0.25, 0.3) is 33.8 Å². The molecule has 0 fully saturated rings. The Morgan fingerprint density at radius 2 is 1.72 bits per heavy atom. The van der Waals surface area contributed by atoms with Gasteiger partial charge in [0.05, 0.1) is 12.5 Å². The maximum atomic E-state index is 5.29. The van der Waals surface area contributed by atoms with E-state index >= 15 is 0 Å². The van der Waals surface area contributed by atoms with E-state index in [4.69, 9.17) is 14.7 Å².